The molecule has 1 aromatic carbocycles. The van der Waals surface area contributed by atoms with Crippen LogP contribution in [0.4, 0.5) is 0 Å². The highest BCUT2D eigenvalue weighted by Crippen LogP contribution is 2.19. The topological polar surface area (TPSA) is 41.6 Å². The Hall–Kier alpha value is -1.55. The van der Waals surface area contributed by atoms with Gasteiger partial charge < -0.3 is 15.0 Å². The van der Waals surface area contributed by atoms with Crippen LogP contribution in [0.15, 0.2) is 24.3 Å². The van der Waals surface area contributed by atoms with E-state index in [4.69, 9.17) is 4.74 Å². The van der Waals surface area contributed by atoms with E-state index in [1.54, 1.807) is 7.11 Å². The molecule has 0 aliphatic carbocycles. The predicted molar refractivity (Wildman–Crippen MR) is 84.8 cm³/mol. The van der Waals surface area contributed by atoms with Crippen LogP contribution in [0.5, 0.6) is 5.75 Å². The normalized spacial score (nSPS) is 19.4. The van der Waals surface area contributed by atoms with E-state index in [-0.39, 0.29) is 11.9 Å². The van der Waals surface area contributed by atoms with Crippen molar-refractivity contribution < 1.29 is 9.53 Å². The van der Waals surface area contributed by atoms with E-state index in [1.807, 2.05) is 29.2 Å². The summed E-state index contributed by atoms with van der Waals surface area (Å²) in [5.74, 6) is 1.50. The van der Waals surface area contributed by atoms with Gasteiger partial charge in [-0.15, -0.1) is 0 Å². The van der Waals surface area contributed by atoms with Gasteiger partial charge in [0.1, 0.15) is 5.75 Å². The second-order valence-electron chi connectivity index (χ2n) is 6.07. The van der Waals surface area contributed by atoms with Crippen molar-refractivity contribution in [2.24, 2.45) is 5.92 Å². The molecule has 1 amide bonds. The molecule has 4 heteroatoms. The summed E-state index contributed by atoms with van der Waals surface area (Å²) in [6.07, 6.45) is 2.05. The highest BCUT2D eigenvalue weighted by atomic mass is 16.5. The molecule has 116 valence electrons. The quantitative estimate of drug-likeness (QED) is 0.926. The van der Waals surface area contributed by atoms with Gasteiger partial charge in [0, 0.05) is 24.7 Å². The summed E-state index contributed by atoms with van der Waals surface area (Å²) in [6.45, 7) is 7.12. The first-order chi connectivity index (χ1) is 10.1. The maximum Gasteiger partial charge on any atom is 0.254 e. The lowest BCUT2D eigenvalue weighted by atomic mass is 10.0. The fourth-order valence-corrected chi connectivity index (χ4v) is 2.86. The molecule has 1 heterocycles. The summed E-state index contributed by atoms with van der Waals surface area (Å²) in [6, 6.07) is 7.68. The number of benzene rings is 1. The average molecular weight is 290 g/mol. The van der Waals surface area contributed by atoms with Crippen molar-refractivity contribution in [3.8, 4) is 5.75 Å². The minimum Gasteiger partial charge on any atom is -0.497 e. The lowest BCUT2D eigenvalue weighted by Crippen LogP contribution is -2.44. The summed E-state index contributed by atoms with van der Waals surface area (Å²) in [5.41, 5.74) is 0.742. The van der Waals surface area contributed by atoms with Crippen LogP contribution in [0.1, 0.15) is 37.0 Å². The van der Waals surface area contributed by atoms with Gasteiger partial charge in [-0.25, -0.2) is 0 Å². The van der Waals surface area contributed by atoms with Gasteiger partial charge in [0.05, 0.1) is 7.11 Å². The highest BCUT2D eigenvalue weighted by molar-refractivity contribution is 5.94. The first kappa shape index (κ1) is 15.8. The third-order valence-corrected chi connectivity index (χ3v) is 3.91. The summed E-state index contributed by atoms with van der Waals surface area (Å²) in [7, 11) is 1.63. The van der Waals surface area contributed by atoms with Crippen LogP contribution in [0.25, 0.3) is 0 Å². The van der Waals surface area contributed by atoms with Crippen molar-refractivity contribution in [2.45, 2.75) is 32.7 Å². The van der Waals surface area contributed by atoms with Crippen molar-refractivity contribution in [2.75, 3.05) is 26.7 Å². The van der Waals surface area contributed by atoms with E-state index in [2.05, 4.69) is 19.2 Å². The van der Waals surface area contributed by atoms with E-state index in [1.165, 1.54) is 0 Å². The van der Waals surface area contributed by atoms with Crippen molar-refractivity contribution in [3.05, 3.63) is 29.8 Å². The summed E-state index contributed by atoms with van der Waals surface area (Å²) < 4.78 is 5.15. The van der Waals surface area contributed by atoms with Gasteiger partial charge in [0.2, 0.25) is 0 Å². The van der Waals surface area contributed by atoms with Crippen LogP contribution in [-0.4, -0.2) is 43.6 Å². The first-order valence-electron chi connectivity index (χ1n) is 7.77. The van der Waals surface area contributed by atoms with Gasteiger partial charge in [0.15, 0.2) is 0 Å². The van der Waals surface area contributed by atoms with E-state index < -0.39 is 0 Å². The van der Waals surface area contributed by atoms with Crippen molar-refractivity contribution in [1.29, 1.82) is 0 Å². The molecule has 0 radical (unpaired) electrons. The molecule has 2 rings (SSSR count). The number of carbonyl (C=O) groups excluding carboxylic acids is 1. The van der Waals surface area contributed by atoms with Crippen LogP contribution < -0.4 is 10.1 Å². The van der Waals surface area contributed by atoms with Crippen LogP contribution in [0, 0.1) is 5.92 Å². The zero-order valence-corrected chi connectivity index (χ0v) is 13.3. The van der Waals surface area contributed by atoms with Gasteiger partial charge in [-0.3, -0.25) is 4.79 Å². The number of nitrogens with one attached hydrogen (secondary N) is 1. The lowest BCUT2D eigenvalue weighted by molar-refractivity contribution is 0.0673. The Morgan fingerprint density at radius 2 is 2.10 bits per heavy atom. The maximum absolute atomic E-state index is 12.8. The van der Waals surface area contributed by atoms with Crippen LogP contribution in [-0.2, 0) is 0 Å². The second kappa shape index (κ2) is 7.46. The number of nitrogens with zero attached hydrogens (tertiary/aromatic N) is 1. The van der Waals surface area contributed by atoms with E-state index in [0.29, 0.717) is 5.92 Å². The maximum atomic E-state index is 12.8. The summed E-state index contributed by atoms with van der Waals surface area (Å²) in [5, 5.41) is 3.44. The monoisotopic (exact) mass is 290 g/mol. The average Bonchev–Trinajstić information content (AvgIpc) is 2.71. The Bertz CT molecular complexity index is 456. The fourth-order valence-electron chi connectivity index (χ4n) is 2.86. The second-order valence-corrected chi connectivity index (χ2v) is 6.07. The van der Waals surface area contributed by atoms with E-state index >= 15 is 0 Å². The molecule has 0 aromatic heterocycles. The van der Waals surface area contributed by atoms with Crippen molar-refractivity contribution in [3.63, 3.8) is 0 Å². The summed E-state index contributed by atoms with van der Waals surface area (Å²) in [4.78, 5) is 14.8. The Labute approximate surface area is 127 Å². The molecule has 0 saturated carbocycles. The molecule has 1 aromatic rings. The standard InChI is InChI=1S/C17H26N2O2/c1-13(2)11-15-12-18-9-4-10-19(15)17(20)14-5-7-16(21-3)8-6-14/h5-8,13,15,18H,4,9-12H2,1-3H3. The number of ether oxygens (including phenoxy) is 1. The van der Waals surface area contributed by atoms with Crippen LogP contribution in [0.2, 0.25) is 0 Å². The molecule has 1 unspecified atom stereocenters. The largest absolute Gasteiger partial charge is 0.497 e. The zero-order chi connectivity index (χ0) is 15.2. The van der Waals surface area contributed by atoms with E-state index in [9.17, 15) is 4.79 Å². The molecule has 1 aliphatic heterocycles. The molecule has 1 atom stereocenters. The number of methoxy groups -OCH3 is 1. The number of carbonyl (C=O) groups is 1. The Morgan fingerprint density at radius 3 is 2.71 bits per heavy atom. The molecule has 21 heavy (non-hydrogen) atoms. The van der Waals surface area contributed by atoms with Gasteiger partial charge >= 0.3 is 0 Å². The molecular weight excluding hydrogens is 264 g/mol. The number of rotatable bonds is 4. The zero-order valence-electron chi connectivity index (χ0n) is 13.3. The molecule has 1 aliphatic rings. The van der Waals surface area contributed by atoms with Gasteiger partial charge in [-0.2, -0.15) is 0 Å². The Kier molecular flexibility index (Phi) is 5.62. The number of amides is 1. The minimum absolute atomic E-state index is 0.131. The predicted octanol–water partition coefficient (Wildman–Crippen LogP) is 2.55. The third kappa shape index (κ3) is 4.21. The van der Waals surface area contributed by atoms with Crippen LogP contribution in [0.3, 0.4) is 0 Å². The summed E-state index contributed by atoms with van der Waals surface area (Å²) >= 11 is 0. The molecule has 1 fully saturated rings. The molecule has 1 saturated heterocycles. The first-order valence-corrected chi connectivity index (χ1v) is 7.77. The molecule has 0 bridgehead atoms. The number of hydrogen-bond acceptors (Lipinski definition) is 3. The van der Waals surface area contributed by atoms with Crippen molar-refractivity contribution >= 4 is 5.91 Å². The van der Waals surface area contributed by atoms with Crippen LogP contribution >= 0.6 is 0 Å². The lowest BCUT2D eigenvalue weighted by Gasteiger charge is -2.31. The molecule has 4 nitrogen and oxygen atoms in total. The third-order valence-electron chi connectivity index (χ3n) is 3.91. The van der Waals surface area contributed by atoms with Gasteiger partial charge in [0.25, 0.3) is 5.91 Å². The molecule has 0 spiro atoms. The van der Waals surface area contributed by atoms with Crippen molar-refractivity contribution in [1.82, 2.24) is 10.2 Å². The Balaban J connectivity index is 2.15. The SMILES string of the molecule is COc1ccc(C(=O)N2CCCNCC2CC(C)C)cc1. The Morgan fingerprint density at radius 1 is 1.38 bits per heavy atom. The smallest absolute Gasteiger partial charge is 0.254 e. The minimum atomic E-state index is 0.131. The van der Waals surface area contributed by atoms with Gasteiger partial charge in [-0.05, 0) is 49.6 Å². The molecule has 1 N–H and O–H groups in total. The highest BCUT2D eigenvalue weighted by Gasteiger charge is 2.26. The number of hydrogen-bond donors (Lipinski definition) is 1. The van der Waals surface area contributed by atoms with Gasteiger partial charge in [-0.1, -0.05) is 13.8 Å². The molecular formula is C17H26N2O2. The fraction of sp³-hybridized carbons (Fsp3) is 0.588. The van der Waals surface area contributed by atoms with E-state index in [0.717, 1.165) is 43.8 Å².